The van der Waals surface area contributed by atoms with Gasteiger partial charge in [0.1, 0.15) is 0 Å². The van der Waals surface area contributed by atoms with E-state index in [9.17, 15) is 0 Å². The summed E-state index contributed by atoms with van der Waals surface area (Å²) in [5.41, 5.74) is 6.94. The first kappa shape index (κ1) is 21.4. The topological polar surface area (TPSA) is 37.3 Å². The predicted molar refractivity (Wildman–Crippen MR) is 64.0 cm³/mol. The molecule has 3 rings (SSSR count). The number of hydrogen-bond acceptors (Lipinski definition) is 1. The van der Waals surface area contributed by atoms with Crippen molar-refractivity contribution in [2.45, 2.75) is 51.4 Å². The van der Waals surface area contributed by atoms with Crippen LogP contribution in [0.25, 0.3) is 0 Å². The zero-order chi connectivity index (χ0) is 11.4. The minimum absolute atomic E-state index is 0. The van der Waals surface area contributed by atoms with Crippen LogP contribution in [0.15, 0.2) is 6.07 Å². The van der Waals surface area contributed by atoms with E-state index in [-0.39, 0.29) is 53.0 Å². The third-order valence-electron chi connectivity index (χ3n) is 3.73. The van der Waals surface area contributed by atoms with Crippen LogP contribution in [0.2, 0.25) is 0 Å². The number of halogens is 2. The van der Waals surface area contributed by atoms with Crippen LogP contribution in [0.4, 0.5) is 0 Å². The molecule has 0 atom stereocenters. The molecule has 0 aromatic heterocycles. The second-order valence-corrected chi connectivity index (χ2v) is 4.67. The third-order valence-corrected chi connectivity index (χ3v) is 3.73. The first-order valence-corrected chi connectivity index (χ1v) is 6.24. The molecule has 0 spiro atoms. The van der Waals surface area contributed by atoms with Crippen molar-refractivity contribution >= 4 is 6.47 Å². The van der Waals surface area contributed by atoms with Crippen LogP contribution in [0.1, 0.15) is 47.9 Å². The van der Waals surface area contributed by atoms with Gasteiger partial charge in [-0.05, 0) is 0 Å². The molecule has 0 saturated carbocycles. The molecule has 105 valence electrons. The Bertz CT molecular complexity index is 347. The van der Waals surface area contributed by atoms with Crippen molar-refractivity contribution in [2.75, 3.05) is 0 Å². The monoisotopic (exact) mass is 337 g/mol. The van der Waals surface area contributed by atoms with Gasteiger partial charge in [0.15, 0.2) is 0 Å². The molecule has 0 heterocycles. The molecule has 1 radical (unpaired) electrons. The number of rotatable bonds is 0. The van der Waals surface area contributed by atoms with Gasteiger partial charge >= 0.3 is 21.7 Å². The number of carboxylic acid groups (broad SMARTS) is 1. The molecule has 1 N–H and O–H groups in total. The van der Waals surface area contributed by atoms with E-state index in [1.54, 1.807) is 22.3 Å². The van der Waals surface area contributed by atoms with Crippen LogP contribution < -0.4 is 24.8 Å². The summed E-state index contributed by atoms with van der Waals surface area (Å²) in [6.45, 7) is -0.250. The molecule has 1 aromatic carbocycles. The Labute approximate surface area is 142 Å². The smallest absolute Gasteiger partial charge is 1.00 e. The molecule has 2 nitrogen and oxygen atoms in total. The molecular weight excluding hydrogens is 319 g/mol. The fraction of sp³-hybridized carbons (Fsp3) is 0.571. The second kappa shape index (κ2) is 10.8. The third kappa shape index (κ3) is 5.19. The summed E-state index contributed by atoms with van der Waals surface area (Å²) >= 11 is 0. The minimum atomic E-state index is -0.250. The maximum atomic E-state index is 8.36. The Morgan fingerprint density at radius 3 is 1.53 bits per heavy atom. The van der Waals surface area contributed by atoms with E-state index >= 15 is 0 Å². The fourth-order valence-corrected chi connectivity index (χ4v) is 3.08. The van der Waals surface area contributed by atoms with Crippen LogP contribution >= 0.6 is 0 Å². The van der Waals surface area contributed by atoms with E-state index in [2.05, 4.69) is 6.07 Å². The van der Waals surface area contributed by atoms with E-state index in [4.69, 9.17) is 9.90 Å². The van der Waals surface area contributed by atoms with Crippen LogP contribution in [0, 0.1) is 0 Å². The number of carbonyl (C=O) groups is 1. The first-order valence-electron chi connectivity index (χ1n) is 6.24. The van der Waals surface area contributed by atoms with Crippen molar-refractivity contribution in [2.24, 2.45) is 0 Å². The van der Waals surface area contributed by atoms with Gasteiger partial charge in [0.2, 0.25) is 0 Å². The van der Waals surface area contributed by atoms with E-state index in [1.807, 2.05) is 0 Å². The standard InChI is InChI=1S/C13H17.CH2O2.2ClH.Ti/c1-3-7-12-10(5-1)9-11-6-2-4-8-13(11)12;2-1-3;;;/h9H,1-8H2;1H,(H,2,3);2*1H;/q-1;;;;+3/p-2. The zero-order valence-electron chi connectivity index (χ0n) is 10.9. The van der Waals surface area contributed by atoms with Gasteiger partial charge in [-0.25, -0.2) is 0 Å². The van der Waals surface area contributed by atoms with Gasteiger partial charge in [-0.1, -0.05) is 51.4 Å². The van der Waals surface area contributed by atoms with Gasteiger partial charge in [0.25, 0.3) is 6.47 Å². The van der Waals surface area contributed by atoms with Crippen molar-refractivity contribution < 1.29 is 56.4 Å². The van der Waals surface area contributed by atoms with Crippen molar-refractivity contribution in [1.82, 2.24) is 0 Å². The Balaban J connectivity index is 0. The largest absolute Gasteiger partial charge is 3.00 e. The molecule has 0 bridgehead atoms. The van der Waals surface area contributed by atoms with Crippen LogP contribution in [0.5, 0.6) is 0 Å². The van der Waals surface area contributed by atoms with Crippen molar-refractivity contribution in [3.8, 4) is 0 Å². The van der Waals surface area contributed by atoms with Crippen molar-refractivity contribution in [3.63, 3.8) is 0 Å². The molecule has 5 heteroatoms. The SMILES string of the molecule is O=CO.[Cl-].[Cl-].[Ti+3].[cH-]1c2c(c3c1CCCC3)CCCC2. The molecular formula is C14H19Cl2O2Ti. The Morgan fingerprint density at radius 1 is 0.842 bits per heavy atom. The summed E-state index contributed by atoms with van der Waals surface area (Å²) in [6.07, 6.45) is 11.2. The number of hydrogen-bond donors (Lipinski definition) is 1. The zero-order valence-corrected chi connectivity index (χ0v) is 14.0. The summed E-state index contributed by atoms with van der Waals surface area (Å²) in [7, 11) is 0. The molecule has 0 unspecified atom stereocenters. The molecule has 2 aliphatic rings. The van der Waals surface area contributed by atoms with Gasteiger partial charge in [-0.15, -0.1) is 0 Å². The van der Waals surface area contributed by atoms with Gasteiger partial charge in [-0.3, -0.25) is 4.79 Å². The molecule has 0 amide bonds. The fourth-order valence-electron chi connectivity index (χ4n) is 3.08. The van der Waals surface area contributed by atoms with Gasteiger partial charge in [0.05, 0.1) is 0 Å². The molecule has 1 aromatic rings. The second-order valence-electron chi connectivity index (χ2n) is 4.67. The summed E-state index contributed by atoms with van der Waals surface area (Å²) in [4.78, 5) is 8.36. The van der Waals surface area contributed by atoms with Gasteiger partial charge in [-0.2, -0.15) is 28.3 Å². The number of fused-ring (bicyclic) bond motifs is 3. The van der Waals surface area contributed by atoms with Gasteiger partial charge < -0.3 is 29.9 Å². The van der Waals surface area contributed by atoms with Crippen LogP contribution in [-0.4, -0.2) is 11.6 Å². The first-order chi connectivity index (χ1) is 7.86. The van der Waals surface area contributed by atoms with Gasteiger partial charge in [0, 0.05) is 0 Å². The van der Waals surface area contributed by atoms with Crippen LogP contribution in [0.3, 0.4) is 0 Å². The van der Waals surface area contributed by atoms with E-state index in [1.165, 1.54) is 51.4 Å². The molecule has 0 saturated heterocycles. The molecule has 2 aliphatic carbocycles. The van der Waals surface area contributed by atoms with Crippen LogP contribution in [-0.2, 0) is 52.2 Å². The van der Waals surface area contributed by atoms with E-state index in [0.29, 0.717) is 0 Å². The average molecular weight is 338 g/mol. The summed E-state index contributed by atoms with van der Waals surface area (Å²) in [5, 5.41) is 6.89. The Hall–Kier alpha value is 0.114. The minimum Gasteiger partial charge on any atom is -1.00 e. The average Bonchev–Trinajstić information content (AvgIpc) is 2.68. The van der Waals surface area contributed by atoms with E-state index in [0.717, 1.165) is 0 Å². The van der Waals surface area contributed by atoms with E-state index < -0.39 is 0 Å². The predicted octanol–water partition coefficient (Wildman–Crippen LogP) is -3.13. The molecule has 0 fully saturated rings. The number of aryl methyl sites for hydroxylation is 2. The molecule has 19 heavy (non-hydrogen) atoms. The molecule has 0 aliphatic heterocycles. The van der Waals surface area contributed by atoms with Crippen molar-refractivity contribution in [3.05, 3.63) is 28.3 Å². The maximum absolute atomic E-state index is 8.36. The summed E-state index contributed by atoms with van der Waals surface area (Å²) in [5.74, 6) is 0. The quantitative estimate of drug-likeness (QED) is 0.309. The van der Waals surface area contributed by atoms with Crippen molar-refractivity contribution in [1.29, 1.82) is 0 Å². The summed E-state index contributed by atoms with van der Waals surface area (Å²) in [6, 6.07) is 2.52. The summed E-state index contributed by atoms with van der Waals surface area (Å²) < 4.78 is 0. The Morgan fingerprint density at radius 2 is 1.16 bits per heavy atom. The maximum Gasteiger partial charge on any atom is 3.00 e. The normalized spacial score (nSPS) is 14.9. The Kier molecular flexibility index (Phi) is 12.2.